The van der Waals surface area contributed by atoms with Crippen molar-refractivity contribution in [1.29, 1.82) is 0 Å². The lowest BCUT2D eigenvalue weighted by Crippen LogP contribution is -2.36. The second-order valence-corrected chi connectivity index (χ2v) is 6.69. The van der Waals surface area contributed by atoms with Gasteiger partial charge in [-0.3, -0.25) is 4.79 Å². The molecule has 2 rings (SSSR count). The second-order valence-electron chi connectivity index (χ2n) is 3.83. The Kier molecular flexibility index (Phi) is 3.13. The molecule has 0 spiro atoms. The van der Waals surface area contributed by atoms with E-state index in [1.165, 1.54) is 6.07 Å². The Morgan fingerprint density at radius 1 is 1.53 bits per heavy atom. The molecular formula is C10H10BrNO4S. The van der Waals surface area contributed by atoms with Crippen molar-refractivity contribution in [2.75, 3.05) is 11.1 Å². The Balaban J connectivity index is 2.45. The molecule has 92 valence electrons. The van der Waals surface area contributed by atoms with Crippen LogP contribution in [0.15, 0.2) is 27.6 Å². The molecule has 1 aromatic rings. The molecule has 17 heavy (non-hydrogen) atoms. The number of carboxylic acids is 1. The molecule has 0 bridgehead atoms. The minimum Gasteiger partial charge on any atom is -0.481 e. The summed E-state index contributed by atoms with van der Waals surface area (Å²) < 4.78 is 24.5. The minimum absolute atomic E-state index is 0.192. The number of carboxylic acid groups (broad SMARTS) is 1. The highest BCUT2D eigenvalue weighted by atomic mass is 79.9. The van der Waals surface area contributed by atoms with Crippen molar-refractivity contribution in [3.05, 3.63) is 22.7 Å². The van der Waals surface area contributed by atoms with Crippen molar-refractivity contribution in [3.63, 3.8) is 0 Å². The van der Waals surface area contributed by atoms with E-state index in [2.05, 4.69) is 21.2 Å². The van der Waals surface area contributed by atoms with Crippen LogP contribution < -0.4 is 5.32 Å². The topological polar surface area (TPSA) is 83.5 Å². The first kappa shape index (κ1) is 12.4. The predicted octanol–water partition coefficient (Wildman–Crippen LogP) is 1.49. The summed E-state index contributed by atoms with van der Waals surface area (Å²) in [6.07, 6.45) is -0.222. The van der Waals surface area contributed by atoms with Gasteiger partial charge in [0.05, 0.1) is 28.8 Å². The average Bonchev–Trinajstić information content (AvgIpc) is 2.17. The van der Waals surface area contributed by atoms with Crippen molar-refractivity contribution >= 4 is 37.4 Å². The highest BCUT2D eigenvalue weighted by molar-refractivity contribution is 9.10. The van der Waals surface area contributed by atoms with Gasteiger partial charge in [-0.2, -0.15) is 0 Å². The lowest BCUT2D eigenvalue weighted by molar-refractivity contribution is -0.137. The van der Waals surface area contributed by atoms with Gasteiger partial charge in [-0.05, 0) is 28.1 Å². The van der Waals surface area contributed by atoms with Gasteiger partial charge >= 0.3 is 5.97 Å². The fourth-order valence-corrected chi connectivity index (χ4v) is 4.11. The maximum absolute atomic E-state index is 12.0. The van der Waals surface area contributed by atoms with Crippen LogP contribution in [0.5, 0.6) is 0 Å². The van der Waals surface area contributed by atoms with E-state index in [9.17, 15) is 13.2 Å². The monoisotopic (exact) mass is 319 g/mol. The summed E-state index contributed by atoms with van der Waals surface area (Å²) in [5.74, 6) is -1.21. The summed E-state index contributed by atoms with van der Waals surface area (Å²) in [5.41, 5.74) is 0.449. The first-order valence-electron chi connectivity index (χ1n) is 4.90. The molecule has 0 amide bonds. The molecule has 0 aromatic heterocycles. The third kappa shape index (κ3) is 2.44. The maximum Gasteiger partial charge on any atom is 0.305 e. The molecule has 1 heterocycles. The molecule has 1 aliphatic heterocycles. The Bertz CT molecular complexity index is 570. The Morgan fingerprint density at radius 2 is 2.24 bits per heavy atom. The van der Waals surface area contributed by atoms with E-state index < -0.39 is 21.8 Å². The molecule has 2 N–H and O–H groups in total. The van der Waals surface area contributed by atoms with Gasteiger partial charge in [0.1, 0.15) is 0 Å². The van der Waals surface area contributed by atoms with Gasteiger partial charge in [0.2, 0.25) is 0 Å². The van der Waals surface area contributed by atoms with E-state index in [0.29, 0.717) is 10.2 Å². The number of halogens is 1. The number of carbonyl (C=O) groups is 1. The lowest BCUT2D eigenvalue weighted by atomic mass is 10.2. The Labute approximate surface area is 107 Å². The van der Waals surface area contributed by atoms with Crippen LogP contribution in [-0.4, -0.2) is 31.3 Å². The van der Waals surface area contributed by atoms with Crippen LogP contribution in [0.4, 0.5) is 5.69 Å². The van der Waals surface area contributed by atoms with Gasteiger partial charge in [0.15, 0.2) is 9.84 Å². The van der Waals surface area contributed by atoms with Gasteiger partial charge in [-0.15, -0.1) is 0 Å². The van der Waals surface area contributed by atoms with Crippen LogP contribution in [0, 0.1) is 0 Å². The Morgan fingerprint density at radius 3 is 2.88 bits per heavy atom. The summed E-state index contributed by atoms with van der Waals surface area (Å²) in [4.78, 5) is 10.8. The molecule has 0 fully saturated rings. The number of sulfone groups is 1. The fourth-order valence-electron chi connectivity index (χ4n) is 1.82. The van der Waals surface area contributed by atoms with Gasteiger partial charge in [0, 0.05) is 4.47 Å². The molecular weight excluding hydrogens is 310 g/mol. The second kappa shape index (κ2) is 4.30. The number of nitrogens with one attached hydrogen (secondary N) is 1. The van der Waals surface area contributed by atoms with Gasteiger partial charge in [0.25, 0.3) is 0 Å². The first-order chi connectivity index (χ1) is 7.90. The smallest absolute Gasteiger partial charge is 0.305 e. The van der Waals surface area contributed by atoms with Gasteiger partial charge in [-0.25, -0.2) is 8.42 Å². The molecule has 7 heteroatoms. The molecule has 0 saturated carbocycles. The maximum atomic E-state index is 12.0. The quantitative estimate of drug-likeness (QED) is 0.863. The van der Waals surface area contributed by atoms with Crippen molar-refractivity contribution in [3.8, 4) is 0 Å². The summed E-state index contributed by atoms with van der Waals surface area (Å²) in [7, 11) is -3.42. The number of fused-ring (bicyclic) bond motifs is 1. The number of para-hydroxylation sites is 1. The van der Waals surface area contributed by atoms with Crippen LogP contribution in [0.1, 0.15) is 6.42 Å². The molecule has 0 radical (unpaired) electrons. The zero-order valence-corrected chi connectivity index (χ0v) is 11.1. The lowest BCUT2D eigenvalue weighted by Gasteiger charge is -2.26. The number of hydrogen-bond acceptors (Lipinski definition) is 4. The van der Waals surface area contributed by atoms with Crippen LogP contribution >= 0.6 is 15.9 Å². The number of aliphatic carboxylic acids is 1. The van der Waals surface area contributed by atoms with Crippen LogP contribution in [-0.2, 0) is 14.6 Å². The number of hydrogen-bond donors (Lipinski definition) is 2. The van der Waals surface area contributed by atoms with Crippen LogP contribution in [0.3, 0.4) is 0 Å². The summed E-state index contributed by atoms with van der Waals surface area (Å²) in [6.45, 7) is 0. The van der Waals surface area contributed by atoms with E-state index in [-0.39, 0.29) is 17.1 Å². The van der Waals surface area contributed by atoms with Crippen molar-refractivity contribution in [1.82, 2.24) is 0 Å². The van der Waals surface area contributed by atoms with E-state index >= 15 is 0 Å². The molecule has 0 aliphatic carbocycles. The van der Waals surface area contributed by atoms with Crippen molar-refractivity contribution < 1.29 is 18.3 Å². The van der Waals surface area contributed by atoms with Crippen molar-refractivity contribution in [2.45, 2.75) is 17.4 Å². The highest BCUT2D eigenvalue weighted by Crippen LogP contribution is 2.35. The summed E-state index contributed by atoms with van der Waals surface area (Å²) in [6, 6.07) is 4.27. The zero-order valence-electron chi connectivity index (χ0n) is 8.68. The van der Waals surface area contributed by atoms with E-state index in [1.54, 1.807) is 12.1 Å². The van der Waals surface area contributed by atoms with Gasteiger partial charge in [-0.1, -0.05) is 6.07 Å². The highest BCUT2D eigenvalue weighted by Gasteiger charge is 2.32. The standard InChI is InChI=1S/C10H10BrNO4S/c11-7-2-1-3-8-10(7)12-6(4-9(13)14)5-17(8,15)16/h1-3,6,12H,4-5H2,(H,13,14). The average molecular weight is 320 g/mol. The third-order valence-corrected chi connectivity index (χ3v) is 5.01. The van der Waals surface area contributed by atoms with E-state index in [4.69, 9.17) is 5.11 Å². The van der Waals surface area contributed by atoms with E-state index in [0.717, 1.165) is 0 Å². The van der Waals surface area contributed by atoms with Gasteiger partial charge < -0.3 is 10.4 Å². The fraction of sp³-hybridized carbons (Fsp3) is 0.300. The zero-order chi connectivity index (χ0) is 12.6. The number of rotatable bonds is 2. The normalized spacial score (nSPS) is 21.4. The number of benzene rings is 1. The molecule has 1 unspecified atom stereocenters. The summed E-state index contributed by atoms with van der Waals surface area (Å²) >= 11 is 3.25. The van der Waals surface area contributed by atoms with E-state index in [1.807, 2.05) is 0 Å². The van der Waals surface area contributed by atoms with Crippen molar-refractivity contribution in [2.24, 2.45) is 0 Å². The number of anilines is 1. The molecule has 1 aromatic carbocycles. The Hall–Kier alpha value is -1.08. The predicted molar refractivity (Wildman–Crippen MR) is 65.9 cm³/mol. The molecule has 1 aliphatic rings. The third-order valence-electron chi connectivity index (χ3n) is 2.50. The summed E-state index contributed by atoms with van der Waals surface area (Å²) in [5, 5.41) is 11.7. The minimum atomic E-state index is -3.42. The van der Waals surface area contributed by atoms with Crippen LogP contribution in [0.2, 0.25) is 0 Å². The SMILES string of the molecule is O=C(O)CC1CS(=O)(=O)c2cccc(Br)c2N1. The van der Waals surface area contributed by atoms with Crippen LogP contribution in [0.25, 0.3) is 0 Å². The molecule has 5 nitrogen and oxygen atoms in total. The molecule has 0 saturated heterocycles. The largest absolute Gasteiger partial charge is 0.481 e. The molecule has 1 atom stereocenters. The first-order valence-corrected chi connectivity index (χ1v) is 7.34.